The standard InChI is InChI=1S/C15H9FN2O2/c16-9-3-1-4-10(7-9)18-12-8-13(19)14-11(15(12)20)5-2-6-17-14/h1-7H,8H2. The maximum Gasteiger partial charge on any atom is 0.209 e. The Morgan fingerprint density at radius 1 is 1.15 bits per heavy atom. The van der Waals surface area contributed by atoms with Crippen LogP contribution < -0.4 is 0 Å². The molecule has 0 spiro atoms. The minimum atomic E-state index is -0.441. The zero-order valence-electron chi connectivity index (χ0n) is 10.3. The summed E-state index contributed by atoms with van der Waals surface area (Å²) < 4.78 is 13.1. The number of carbonyl (C=O) groups excluding carboxylic acids is 2. The minimum Gasteiger partial charge on any atom is -0.292 e. The highest BCUT2D eigenvalue weighted by molar-refractivity contribution is 6.52. The van der Waals surface area contributed by atoms with Crippen LogP contribution in [0.25, 0.3) is 0 Å². The van der Waals surface area contributed by atoms with E-state index in [0.29, 0.717) is 5.69 Å². The van der Waals surface area contributed by atoms with Crippen LogP contribution in [0.1, 0.15) is 27.3 Å². The number of aliphatic imine (C=N–C) groups is 1. The molecule has 20 heavy (non-hydrogen) atoms. The van der Waals surface area contributed by atoms with Crippen LogP contribution in [0.4, 0.5) is 10.1 Å². The van der Waals surface area contributed by atoms with E-state index in [4.69, 9.17) is 0 Å². The molecule has 98 valence electrons. The van der Waals surface area contributed by atoms with Gasteiger partial charge in [-0.3, -0.25) is 14.6 Å². The molecule has 1 aliphatic rings. The normalized spacial score (nSPS) is 16.4. The van der Waals surface area contributed by atoms with E-state index in [1.54, 1.807) is 18.2 Å². The zero-order chi connectivity index (χ0) is 14.1. The van der Waals surface area contributed by atoms with Crippen LogP contribution in [0.2, 0.25) is 0 Å². The number of aromatic nitrogens is 1. The molecule has 0 unspecified atom stereocenters. The molecule has 1 aromatic carbocycles. The lowest BCUT2D eigenvalue weighted by Gasteiger charge is -2.14. The number of nitrogens with zero attached hydrogens (tertiary/aromatic N) is 2. The first kappa shape index (κ1) is 12.3. The van der Waals surface area contributed by atoms with Gasteiger partial charge in [0, 0.05) is 6.20 Å². The lowest BCUT2D eigenvalue weighted by atomic mass is 9.92. The van der Waals surface area contributed by atoms with Crippen LogP contribution in [0.3, 0.4) is 0 Å². The second-order valence-corrected chi connectivity index (χ2v) is 4.37. The molecule has 0 radical (unpaired) electrons. The Morgan fingerprint density at radius 3 is 2.80 bits per heavy atom. The van der Waals surface area contributed by atoms with E-state index >= 15 is 0 Å². The van der Waals surface area contributed by atoms with E-state index in [2.05, 4.69) is 9.98 Å². The molecule has 0 fully saturated rings. The molecule has 1 heterocycles. The number of halogens is 1. The average molecular weight is 268 g/mol. The van der Waals surface area contributed by atoms with Gasteiger partial charge in [0.05, 0.1) is 23.4 Å². The summed E-state index contributed by atoms with van der Waals surface area (Å²) in [6.45, 7) is 0. The van der Waals surface area contributed by atoms with Gasteiger partial charge in [-0.25, -0.2) is 9.38 Å². The molecule has 4 nitrogen and oxygen atoms in total. The fraction of sp³-hybridized carbons (Fsp3) is 0.0667. The van der Waals surface area contributed by atoms with E-state index in [-0.39, 0.29) is 35.0 Å². The number of fused-ring (bicyclic) bond motifs is 1. The Balaban J connectivity index is 2.05. The predicted molar refractivity (Wildman–Crippen MR) is 71.0 cm³/mol. The van der Waals surface area contributed by atoms with Gasteiger partial charge in [-0.2, -0.15) is 0 Å². The Kier molecular flexibility index (Phi) is 2.95. The largest absolute Gasteiger partial charge is 0.292 e. The topological polar surface area (TPSA) is 59.4 Å². The molecule has 0 saturated carbocycles. The van der Waals surface area contributed by atoms with Gasteiger partial charge in [-0.05, 0) is 30.3 Å². The van der Waals surface area contributed by atoms with Gasteiger partial charge < -0.3 is 0 Å². The monoisotopic (exact) mass is 268 g/mol. The van der Waals surface area contributed by atoms with Gasteiger partial charge in [0.15, 0.2) is 5.78 Å². The van der Waals surface area contributed by atoms with Crippen molar-refractivity contribution < 1.29 is 14.0 Å². The Morgan fingerprint density at radius 2 is 2.00 bits per heavy atom. The third kappa shape index (κ3) is 2.14. The van der Waals surface area contributed by atoms with Gasteiger partial charge in [0.1, 0.15) is 11.5 Å². The van der Waals surface area contributed by atoms with Gasteiger partial charge in [0.2, 0.25) is 5.78 Å². The Bertz CT molecular complexity index is 753. The first-order valence-electron chi connectivity index (χ1n) is 6.01. The summed E-state index contributed by atoms with van der Waals surface area (Å²) in [6.07, 6.45) is 1.36. The molecule has 0 N–H and O–H groups in total. The maximum absolute atomic E-state index is 13.1. The molecule has 0 amide bonds. The van der Waals surface area contributed by atoms with Crippen LogP contribution in [-0.2, 0) is 0 Å². The molecule has 1 aromatic heterocycles. The van der Waals surface area contributed by atoms with E-state index in [0.717, 1.165) is 0 Å². The number of rotatable bonds is 1. The predicted octanol–water partition coefficient (Wildman–Crippen LogP) is 2.76. The lowest BCUT2D eigenvalue weighted by Crippen LogP contribution is -2.27. The van der Waals surface area contributed by atoms with Crippen molar-refractivity contribution in [3.8, 4) is 0 Å². The molecule has 0 saturated heterocycles. The van der Waals surface area contributed by atoms with E-state index in [1.165, 1.54) is 24.4 Å². The summed E-state index contributed by atoms with van der Waals surface area (Å²) >= 11 is 0. The van der Waals surface area contributed by atoms with E-state index in [1.807, 2.05) is 0 Å². The molecule has 0 aliphatic heterocycles. The van der Waals surface area contributed by atoms with E-state index in [9.17, 15) is 14.0 Å². The van der Waals surface area contributed by atoms with Gasteiger partial charge in [-0.15, -0.1) is 0 Å². The first-order chi connectivity index (χ1) is 9.65. The zero-order valence-corrected chi connectivity index (χ0v) is 10.3. The molecular formula is C15H9FN2O2. The van der Waals surface area contributed by atoms with Crippen LogP contribution >= 0.6 is 0 Å². The number of ketones is 2. The minimum absolute atomic E-state index is 0.112. The van der Waals surface area contributed by atoms with Crippen molar-refractivity contribution in [1.29, 1.82) is 0 Å². The highest BCUT2D eigenvalue weighted by Gasteiger charge is 2.29. The third-order valence-corrected chi connectivity index (χ3v) is 2.98. The Hall–Kier alpha value is -2.69. The van der Waals surface area contributed by atoms with Crippen LogP contribution in [0.15, 0.2) is 47.6 Å². The van der Waals surface area contributed by atoms with E-state index < -0.39 is 5.82 Å². The smallest absolute Gasteiger partial charge is 0.209 e. The van der Waals surface area contributed by atoms with Crippen molar-refractivity contribution in [2.75, 3.05) is 0 Å². The highest BCUT2D eigenvalue weighted by Crippen LogP contribution is 2.21. The molecular weight excluding hydrogens is 259 g/mol. The number of carbonyl (C=O) groups is 2. The van der Waals surface area contributed by atoms with Gasteiger partial charge in [0.25, 0.3) is 0 Å². The number of hydrogen-bond acceptors (Lipinski definition) is 4. The number of pyridine rings is 1. The van der Waals surface area contributed by atoms with Crippen molar-refractivity contribution >= 4 is 23.0 Å². The Labute approximate surface area is 114 Å². The molecule has 2 aromatic rings. The third-order valence-electron chi connectivity index (χ3n) is 2.98. The summed E-state index contributed by atoms with van der Waals surface area (Å²) in [5.41, 5.74) is 0.851. The van der Waals surface area contributed by atoms with Crippen molar-refractivity contribution in [2.24, 2.45) is 4.99 Å². The quantitative estimate of drug-likeness (QED) is 0.799. The van der Waals surface area contributed by atoms with Crippen molar-refractivity contribution in [3.05, 3.63) is 59.7 Å². The first-order valence-corrected chi connectivity index (χ1v) is 6.01. The number of hydrogen-bond donors (Lipinski definition) is 0. The SMILES string of the molecule is O=C1C(=Nc2cccc(F)c2)CC(=O)c2ncccc21. The fourth-order valence-electron chi connectivity index (χ4n) is 2.07. The summed E-state index contributed by atoms with van der Waals surface area (Å²) in [5.74, 6) is -1.03. The second kappa shape index (κ2) is 4.77. The van der Waals surface area contributed by atoms with Crippen molar-refractivity contribution in [1.82, 2.24) is 4.98 Å². The summed E-state index contributed by atoms with van der Waals surface area (Å²) in [4.78, 5) is 32.2. The molecule has 1 aliphatic carbocycles. The fourth-order valence-corrected chi connectivity index (χ4v) is 2.07. The number of Topliss-reactive ketones (excluding diaryl/α,β-unsaturated/α-hetero) is 2. The highest BCUT2D eigenvalue weighted by atomic mass is 19.1. The maximum atomic E-state index is 13.1. The average Bonchev–Trinajstić information content (AvgIpc) is 2.45. The molecule has 5 heteroatoms. The summed E-state index contributed by atoms with van der Waals surface area (Å²) in [7, 11) is 0. The lowest BCUT2D eigenvalue weighted by molar-refractivity contribution is 0.0960. The number of benzene rings is 1. The molecule has 0 atom stereocenters. The molecule has 0 bridgehead atoms. The second-order valence-electron chi connectivity index (χ2n) is 4.37. The summed E-state index contributed by atoms with van der Waals surface area (Å²) in [6, 6.07) is 8.71. The van der Waals surface area contributed by atoms with Crippen LogP contribution in [-0.4, -0.2) is 22.3 Å². The van der Waals surface area contributed by atoms with Crippen LogP contribution in [0, 0.1) is 5.82 Å². The van der Waals surface area contributed by atoms with Gasteiger partial charge in [-0.1, -0.05) is 6.07 Å². The van der Waals surface area contributed by atoms with Gasteiger partial charge >= 0.3 is 0 Å². The van der Waals surface area contributed by atoms with Crippen molar-refractivity contribution in [2.45, 2.75) is 6.42 Å². The molecule has 3 rings (SSSR count). The van der Waals surface area contributed by atoms with Crippen LogP contribution in [0.5, 0.6) is 0 Å². The summed E-state index contributed by atoms with van der Waals surface area (Å²) in [5, 5.41) is 0. The van der Waals surface area contributed by atoms with Crippen molar-refractivity contribution in [3.63, 3.8) is 0 Å².